The van der Waals surface area contributed by atoms with Gasteiger partial charge in [0.05, 0.1) is 0 Å². The Labute approximate surface area is 161 Å². The maximum Gasteiger partial charge on any atom is 0.514 e. The molecular formula is C18H25BrO5S. The lowest BCUT2D eigenvalue weighted by atomic mass is 10.1. The minimum Gasteiger partial charge on any atom is -0.456 e. The number of benzene rings is 1. The van der Waals surface area contributed by atoms with Gasteiger partial charge in [0.1, 0.15) is 16.8 Å². The fourth-order valence-corrected chi connectivity index (χ4v) is 2.90. The van der Waals surface area contributed by atoms with Crippen molar-refractivity contribution in [2.45, 2.75) is 63.0 Å². The van der Waals surface area contributed by atoms with Crippen molar-refractivity contribution >= 4 is 39.8 Å². The van der Waals surface area contributed by atoms with Gasteiger partial charge in [-0.1, -0.05) is 22.0 Å². The summed E-state index contributed by atoms with van der Waals surface area (Å²) < 4.78 is 16.1. The zero-order valence-electron chi connectivity index (χ0n) is 15.7. The summed E-state index contributed by atoms with van der Waals surface area (Å²) >= 11 is 4.73. The highest BCUT2D eigenvalue weighted by Gasteiger charge is 2.28. The fourth-order valence-electron chi connectivity index (χ4n) is 1.88. The molecule has 0 heterocycles. The molecule has 0 N–H and O–H groups in total. The lowest BCUT2D eigenvalue weighted by Crippen LogP contribution is -2.28. The highest BCUT2D eigenvalue weighted by atomic mass is 79.9. The zero-order chi connectivity index (χ0) is 19.4. The van der Waals surface area contributed by atoms with Gasteiger partial charge in [-0.05, 0) is 53.9 Å². The minimum atomic E-state index is -0.863. The van der Waals surface area contributed by atoms with Crippen molar-refractivity contribution < 1.29 is 23.8 Å². The van der Waals surface area contributed by atoms with E-state index in [1.807, 2.05) is 12.3 Å². The maximum absolute atomic E-state index is 12.7. The van der Waals surface area contributed by atoms with Crippen LogP contribution >= 0.6 is 27.7 Å². The molecule has 0 fully saturated rings. The molecule has 0 aliphatic heterocycles. The molecular weight excluding hydrogens is 408 g/mol. The van der Waals surface area contributed by atoms with E-state index in [4.69, 9.17) is 14.2 Å². The summed E-state index contributed by atoms with van der Waals surface area (Å²) in [6.07, 6.45) is 0.978. The number of hydrogen-bond acceptors (Lipinski definition) is 6. The summed E-state index contributed by atoms with van der Waals surface area (Å²) in [5, 5.41) is 0.412. The lowest BCUT2D eigenvalue weighted by molar-refractivity contribution is 0.00562. The van der Waals surface area contributed by atoms with Gasteiger partial charge in [0, 0.05) is 15.8 Å². The Morgan fingerprint density at radius 1 is 1.04 bits per heavy atom. The predicted molar refractivity (Wildman–Crippen MR) is 103 cm³/mol. The molecule has 0 saturated heterocycles. The average molecular weight is 433 g/mol. The standard InChI is InChI=1S/C18H25BrO5S/c1-17(2,3)23-15(20)13-12(25-7)9-8-11(10-19)14(13)22-16(21)24-18(4,5)6/h8-9H,10H2,1-7H3. The molecule has 1 aromatic carbocycles. The second-order valence-electron chi connectivity index (χ2n) is 7.33. The molecule has 25 heavy (non-hydrogen) atoms. The van der Waals surface area contributed by atoms with Gasteiger partial charge in [-0.15, -0.1) is 11.8 Å². The van der Waals surface area contributed by atoms with Crippen molar-refractivity contribution in [1.82, 2.24) is 0 Å². The quantitative estimate of drug-likeness (QED) is 0.268. The minimum absolute atomic E-state index is 0.159. The highest BCUT2D eigenvalue weighted by Crippen LogP contribution is 2.35. The monoisotopic (exact) mass is 432 g/mol. The van der Waals surface area contributed by atoms with Crippen LogP contribution in [0.2, 0.25) is 0 Å². The molecule has 5 nitrogen and oxygen atoms in total. The van der Waals surface area contributed by atoms with Crippen LogP contribution in [0.1, 0.15) is 57.5 Å². The smallest absolute Gasteiger partial charge is 0.456 e. The fraction of sp³-hybridized carbons (Fsp3) is 0.556. The summed E-state index contributed by atoms with van der Waals surface area (Å²) in [7, 11) is 0. The first kappa shape index (κ1) is 21.8. The van der Waals surface area contributed by atoms with Gasteiger partial charge in [0.15, 0.2) is 5.75 Å². The van der Waals surface area contributed by atoms with Gasteiger partial charge in [-0.25, -0.2) is 9.59 Å². The summed E-state index contributed by atoms with van der Waals surface area (Å²) in [5.41, 5.74) is -0.482. The molecule has 0 atom stereocenters. The van der Waals surface area contributed by atoms with E-state index in [1.165, 1.54) is 11.8 Å². The average Bonchev–Trinajstić information content (AvgIpc) is 2.42. The molecule has 140 valence electrons. The van der Waals surface area contributed by atoms with Gasteiger partial charge in [0.25, 0.3) is 0 Å². The van der Waals surface area contributed by atoms with Crippen LogP contribution in [0.15, 0.2) is 17.0 Å². The van der Waals surface area contributed by atoms with Crippen LogP contribution in [-0.4, -0.2) is 29.6 Å². The molecule has 1 aromatic rings. The molecule has 7 heteroatoms. The van der Waals surface area contributed by atoms with Crippen LogP contribution < -0.4 is 4.74 Å². The summed E-state index contributed by atoms with van der Waals surface area (Å²) in [4.78, 5) is 25.5. The number of thioether (sulfide) groups is 1. The molecule has 0 bridgehead atoms. The zero-order valence-corrected chi connectivity index (χ0v) is 18.1. The van der Waals surface area contributed by atoms with Crippen molar-refractivity contribution in [2.24, 2.45) is 0 Å². The number of ether oxygens (including phenoxy) is 3. The predicted octanol–water partition coefficient (Wildman–Crippen LogP) is 5.57. The molecule has 0 spiro atoms. The van der Waals surface area contributed by atoms with E-state index in [0.717, 1.165) is 0 Å². The molecule has 0 amide bonds. The number of hydrogen-bond donors (Lipinski definition) is 0. The van der Waals surface area contributed by atoms with Crippen molar-refractivity contribution in [2.75, 3.05) is 6.26 Å². The molecule has 0 radical (unpaired) electrons. The van der Waals surface area contributed by atoms with Crippen LogP contribution in [0.25, 0.3) is 0 Å². The number of alkyl halides is 1. The Balaban J connectivity index is 3.36. The van der Waals surface area contributed by atoms with E-state index >= 15 is 0 Å². The van der Waals surface area contributed by atoms with Gasteiger partial charge in [-0.3, -0.25) is 0 Å². The van der Waals surface area contributed by atoms with Crippen LogP contribution in [0, 0.1) is 0 Å². The Morgan fingerprint density at radius 3 is 2.04 bits per heavy atom. The van der Waals surface area contributed by atoms with Gasteiger partial charge in [-0.2, -0.15) is 0 Å². The third-order valence-electron chi connectivity index (χ3n) is 2.74. The number of rotatable bonds is 4. The Morgan fingerprint density at radius 2 is 1.60 bits per heavy atom. The van der Waals surface area contributed by atoms with E-state index in [1.54, 1.807) is 47.6 Å². The first-order valence-electron chi connectivity index (χ1n) is 7.78. The van der Waals surface area contributed by atoms with E-state index in [-0.39, 0.29) is 11.3 Å². The van der Waals surface area contributed by atoms with Crippen LogP contribution in [0.4, 0.5) is 4.79 Å². The maximum atomic E-state index is 12.7. The molecule has 1 rings (SSSR count). The summed E-state index contributed by atoms with van der Waals surface area (Å²) in [5.74, 6) is -0.384. The second-order valence-corrected chi connectivity index (χ2v) is 8.74. The van der Waals surface area contributed by atoms with Crippen LogP contribution in [-0.2, 0) is 14.8 Å². The Bertz CT molecular complexity index is 644. The molecule has 0 saturated carbocycles. The SMILES string of the molecule is CSc1ccc(CBr)c(OC(=O)OC(C)(C)C)c1C(=O)OC(C)(C)C. The highest BCUT2D eigenvalue weighted by molar-refractivity contribution is 9.08. The van der Waals surface area contributed by atoms with Crippen molar-refractivity contribution in [3.8, 4) is 5.75 Å². The third-order valence-corrected chi connectivity index (χ3v) is 4.13. The number of esters is 1. The number of halogens is 1. The van der Waals surface area contributed by atoms with Gasteiger partial charge >= 0.3 is 12.1 Å². The van der Waals surface area contributed by atoms with Crippen molar-refractivity contribution in [3.63, 3.8) is 0 Å². The Hall–Kier alpha value is -1.21. The van der Waals surface area contributed by atoms with E-state index in [2.05, 4.69) is 15.9 Å². The molecule has 0 aromatic heterocycles. The normalized spacial score (nSPS) is 11.8. The van der Waals surface area contributed by atoms with Crippen molar-refractivity contribution in [1.29, 1.82) is 0 Å². The molecule has 0 unspecified atom stereocenters. The number of carbonyl (C=O) groups is 2. The largest absolute Gasteiger partial charge is 0.514 e. The first-order valence-corrected chi connectivity index (χ1v) is 10.1. The summed E-state index contributed by atoms with van der Waals surface area (Å²) in [6.45, 7) is 10.6. The third kappa shape index (κ3) is 6.90. The van der Waals surface area contributed by atoms with Crippen LogP contribution in [0.5, 0.6) is 5.75 Å². The lowest BCUT2D eigenvalue weighted by Gasteiger charge is -2.23. The van der Waals surface area contributed by atoms with E-state index in [0.29, 0.717) is 15.8 Å². The first-order chi connectivity index (χ1) is 11.4. The molecule has 0 aliphatic carbocycles. The van der Waals surface area contributed by atoms with E-state index < -0.39 is 23.3 Å². The van der Waals surface area contributed by atoms with Gasteiger partial charge < -0.3 is 14.2 Å². The van der Waals surface area contributed by atoms with Crippen LogP contribution in [0.3, 0.4) is 0 Å². The molecule has 0 aliphatic rings. The van der Waals surface area contributed by atoms with Gasteiger partial charge in [0.2, 0.25) is 0 Å². The van der Waals surface area contributed by atoms with E-state index in [9.17, 15) is 9.59 Å². The number of carbonyl (C=O) groups excluding carboxylic acids is 2. The van der Waals surface area contributed by atoms with Crippen molar-refractivity contribution in [3.05, 3.63) is 23.3 Å². The Kier molecular flexibility index (Phi) is 7.38. The summed E-state index contributed by atoms with van der Waals surface area (Å²) in [6, 6.07) is 3.61. The second kappa shape index (κ2) is 8.45. The topological polar surface area (TPSA) is 61.8 Å².